The van der Waals surface area contributed by atoms with Crippen molar-refractivity contribution in [3.8, 4) is 11.9 Å². The van der Waals surface area contributed by atoms with Gasteiger partial charge in [-0.25, -0.2) is 13.4 Å². The van der Waals surface area contributed by atoms with E-state index < -0.39 is 27.9 Å². The SMILES string of the molecule is N#Cc1ccnc(OC2CN(S(=O)(=O)Cc3ccc(C(F)(F)F)cc3)C2)c1. The predicted octanol–water partition coefficient (Wildman–Crippen LogP) is 2.57. The number of hydrogen-bond acceptors (Lipinski definition) is 5. The largest absolute Gasteiger partial charge is 0.471 e. The van der Waals surface area contributed by atoms with Crippen LogP contribution in [0.2, 0.25) is 0 Å². The van der Waals surface area contributed by atoms with E-state index in [1.807, 2.05) is 6.07 Å². The van der Waals surface area contributed by atoms with E-state index in [9.17, 15) is 21.6 Å². The van der Waals surface area contributed by atoms with E-state index in [-0.39, 0.29) is 30.3 Å². The monoisotopic (exact) mass is 397 g/mol. The maximum absolute atomic E-state index is 12.6. The van der Waals surface area contributed by atoms with Gasteiger partial charge < -0.3 is 4.74 Å². The average Bonchev–Trinajstić information content (AvgIpc) is 2.57. The summed E-state index contributed by atoms with van der Waals surface area (Å²) in [7, 11) is -3.66. The molecule has 1 aliphatic heterocycles. The van der Waals surface area contributed by atoms with Crippen molar-refractivity contribution >= 4 is 10.0 Å². The Morgan fingerprint density at radius 2 is 1.89 bits per heavy atom. The number of rotatable bonds is 5. The Bertz CT molecular complexity index is 963. The summed E-state index contributed by atoms with van der Waals surface area (Å²) in [6, 6.07) is 8.97. The minimum absolute atomic E-state index is 0.113. The van der Waals surface area contributed by atoms with Gasteiger partial charge >= 0.3 is 6.18 Å². The number of aromatic nitrogens is 1. The van der Waals surface area contributed by atoms with Crippen molar-refractivity contribution in [3.63, 3.8) is 0 Å². The molecule has 1 aromatic carbocycles. The van der Waals surface area contributed by atoms with Crippen LogP contribution in [0, 0.1) is 11.3 Å². The van der Waals surface area contributed by atoms with Crippen LogP contribution in [0.1, 0.15) is 16.7 Å². The van der Waals surface area contributed by atoms with Gasteiger partial charge in [-0.2, -0.15) is 22.7 Å². The Morgan fingerprint density at radius 1 is 1.22 bits per heavy atom. The van der Waals surface area contributed by atoms with Crippen molar-refractivity contribution in [3.05, 3.63) is 59.3 Å². The second kappa shape index (κ2) is 7.17. The summed E-state index contributed by atoms with van der Waals surface area (Å²) in [4.78, 5) is 3.96. The van der Waals surface area contributed by atoms with E-state index in [4.69, 9.17) is 10.00 Å². The lowest BCUT2D eigenvalue weighted by Crippen LogP contribution is -2.56. The zero-order valence-electron chi connectivity index (χ0n) is 13.8. The third kappa shape index (κ3) is 4.56. The molecule has 142 valence electrons. The molecule has 0 saturated carbocycles. The van der Waals surface area contributed by atoms with Gasteiger partial charge in [0.1, 0.15) is 6.10 Å². The Kier molecular flexibility index (Phi) is 5.08. The van der Waals surface area contributed by atoms with E-state index in [1.54, 1.807) is 0 Å². The van der Waals surface area contributed by atoms with Gasteiger partial charge in [-0.15, -0.1) is 0 Å². The topological polar surface area (TPSA) is 83.3 Å². The number of hydrogen-bond donors (Lipinski definition) is 0. The van der Waals surface area contributed by atoms with Crippen LogP contribution in [0.25, 0.3) is 0 Å². The summed E-state index contributed by atoms with van der Waals surface area (Å²) in [6.45, 7) is 0.225. The first kappa shape index (κ1) is 19.1. The molecule has 27 heavy (non-hydrogen) atoms. The Morgan fingerprint density at radius 3 is 2.48 bits per heavy atom. The number of alkyl halides is 3. The molecule has 2 heterocycles. The lowest BCUT2D eigenvalue weighted by atomic mass is 10.1. The molecule has 0 atom stereocenters. The minimum atomic E-state index is -4.46. The molecule has 1 saturated heterocycles. The first-order valence-corrected chi connectivity index (χ1v) is 9.45. The van der Waals surface area contributed by atoms with Crippen LogP contribution in [0.5, 0.6) is 5.88 Å². The number of sulfonamides is 1. The van der Waals surface area contributed by atoms with Gasteiger partial charge in [0, 0.05) is 12.3 Å². The van der Waals surface area contributed by atoms with E-state index in [2.05, 4.69) is 4.98 Å². The third-order valence-corrected chi connectivity index (χ3v) is 5.77. The molecule has 0 spiro atoms. The highest BCUT2D eigenvalue weighted by atomic mass is 32.2. The molecule has 0 N–H and O–H groups in total. The van der Waals surface area contributed by atoms with Gasteiger partial charge in [0.25, 0.3) is 0 Å². The van der Waals surface area contributed by atoms with Gasteiger partial charge in [-0.3, -0.25) is 0 Å². The summed E-state index contributed by atoms with van der Waals surface area (Å²) in [6.07, 6.45) is -3.43. The van der Waals surface area contributed by atoms with Crippen LogP contribution < -0.4 is 4.74 Å². The highest BCUT2D eigenvalue weighted by Gasteiger charge is 2.37. The number of pyridine rings is 1. The molecule has 1 aliphatic rings. The minimum Gasteiger partial charge on any atom is -0.471 e. The Hall–Kier alpha value is -2.64. The van der Waals surface area contributed by atoms with Crippen LogP contribution in [0.4, 0.5) is 13.2 Å². The summed E-state index contributed by atoms with van der Waals surface area (Å²) in [5, 5.41) is 8.83. The molecule has 3 rings (SSSR count). The van der Waals surface area contributed by atoms with Gasteiger partial charge in [-0.05, 0) is 23.8 Å². The predicted molar refractivity (Wildman–Crippen MR) is 89.0 cm³/mol. The summed E-state index contributed by atoms with van der Waals surface area (Å²) < 4.78 is 69.1. The smallest absolute Gasteiger partial charge is 0.416 e. The fourth-order valence-electron chi connectivity index (χ4n) is 2.51. The maximum Gasteiger partial charge on any atom is 0.416 e. The highest BCUT2D eigenvalue weighted by Crippen LogP contribution is 2.29. The lowest BCUT2D eigenvalue weighted by Gasteiger charge is -2.37. The number of ether oxygens (including phenoxy) is 1. The fraction of sp³-hybridized carbons (Fsp3) is 0.294. The standard InChI is InChI=1S/C17H14F3N3O3S/c18-17(19,20)14-3-1-12(2-4-14)11-27(24,25)23-9-15(10-23)26-16-7-13(8-21)5-6-22-16/h1-7,15H,9-11H2. The quantitative estimate of drug-likeness (QED) is 0.774. The lowest BCUT2D eigenvalue weighted by molar-refractivity contribution is -0.137. The van der Waals surface area contributed by atoms with Crippen LogP contribution in [-0.4, -0.2) is 36.9 Å². The Balaban J connectivity index is 1.57. The molecule has 0 amide bonds. The summed E-state index contributed by atoms with van der Waals surface area (Å²) in [5.74, 6) is -0.154. The zero-order valence-corrected chi connectivity index (χ0v) is 14.7. The van der Waals surface area contributed by atoms with Crippen molar-refractivity contribution in [2.75, 3.05) is 13.1 Å². The number of nitriles is 1. The van der Waals surface area contributed by atoms with E-state index >= 15 is 0 Å². The van der Waals surface area contributed by atoms with E-state index in [1.165, 1.54) is 22.6 Å². The number of nitrogens with zero attached hydrogens (tertiary/aromatic N) is 3. The molecule has 2 aromatic rings. The van der Waals surface area contributed by atoms with Crippen LogP contribution in [-0.2, 0) is 22.0 Å². The van der Waals surface area contributed by atoms with Gasteiger partial charge in [0.05, 0.1) is 36.0 Å². The normalized spacial score (nSPS) is 15.8. The molecular weight excluding hydrogens is 383 g/mol. The molecule has 1 aromatic heterocycles. The van der Waals surface area contributed by atoms with Gasteiger partial charge in [0.2, 0.25) is 15.9 Å². The summed E-state index contributed by atoms with van der Waals surface area (Å²) in [5.41, 5.74) is -0.171. The van der Waals surface area contributed by atoms with Crippen molar-refractivity contribution in [1.82, 2.24) is 9.29 Å². The third-order valence-electron chi connectivity index (χ3n) is 3.99. The molecule has 1 fully saturated rings. The van der Waals surface area contributed by atoms with Crippen LogP contribution >= 0.6 is 0 Å². The van der Waals surface area contributed by atoms with Crippen LogP contribution in [0.3, 0.4) is 0 Å². The van der Waals surface area contributed by atoms with Crippen molar-refractivity contribution in [2.45, 2.75) is 18.0 Å². The second-order valence-corrected chi connectivity index (χ2v) is 7.97. The summed E-state index contributed by atoms with van der Waals surface area (Å²) >= 11 is 0. The van der Waals surface area contributed by atoms with Gasteiger partial charge in [-0.1, -0.05) is 12.1 Å². The van der Waals surface area contributed by atoms with E-state index in [0.717, 1.165) is 24.3 Å². The first-order chi connectivity index (χ1) is 12.7. The molecule has 0 bridgehead atoms. The van der Waals surface area contributed by atoms with Gasteiger partial charge in [0.15, 0.2) is 0 Å². The maximum atomic E-state index is 12.6. The molecule has 6 nitrogen and oxygen atoms in total. The molecule has 0 unspecified atom stereocenters. The van der Waals surface area contributed by atoms with Crippen molar-refractivity contribution in [1.29, 1.82) is 5.26 Å². The average molecular weight is 397 g/mol. The molecule has 0 radical (unpaired) electrons. The fourth-order valence-corrected chi connectivity index (χ4v) is 4.09. The highest BCUT2D eigenvalue weighted by molar-refractivity contribution is 7.88. The molecular formula is C17H14F3N3O3S. The van der Waals surface area contributed by atoms with E-state index in [0.29, 0.717) is 5.56 Å². The zero-order chi connectivity index (χ0) is 19.7. The van der Waals surface area contributed by atoms with Crippen molar-refractivity contribution in [2.24, 2.45) is 0 Å². The molecule has 0 aliphatic carbocycles. The van der Waals surface area contributed by atoms with Crippen molar-refractivity contribution < 1.29 is 26.3 Å². The van der Waals surface area contributed by atoms with Crippen LogP contribution in [0.15, 0.2) is 42.6 Å². The molecule has 10 heteroatoms. The first-order valence-electron chi connectivity index (χ1n) is 7.84. The Labute approximate surface area is 153 Å². The number of benzene rings is 1. The number of halogens is 3. The second-order valence-electron chi connectivity index (χ2n) is 6.00.